The molecule has 1 aromatic carbocycles. The summed E-state index contributed by atoms with van der Waals surface area (Å²) in [7, 11) is 0. The van der Waals surface area contributed by atoms with Crippen LogP contribution in [0.25, 0.3) is 0 Å². The molecule has 0 N–H and O–H groups in total. The van der Waals surface area contributed by atoms with Gasteiger partial charge in [0.2, 0.25) is 0 Å². The molecule has 0 aromatic heterocycles. The average molecular weight is 256 g/mol. The lowest BCUT2D eigenvalue weighted by molar-refractivity contribution is -0.211. The van der Waals surface area contributed by atoms with Crippen LogP contribution < -0.4 is 0 Å². The Balaban J connectivity index is 1.66. The van der Waals surface area contributed by atoms with Crippen molar-refractivity contribution in [2.75, 3.05) is 13.2 Å². The fraction of sp³-hybridized carbons (Fsp3) is 0.529. The molecule has 1 aromatic rings. The summed E-state index contributed by atoms with van der Waals surface area (Å²) in [6, 6.07) is 10.9. The van der Waals surface area contributed by atoms with Crippen molar-refractivity contribution in [3.8, 4) is 0 Å². The largest absolute Gasteiger partial charge is 0.352 e. The summed E-state index contributed by atoms with van der Waals surface area (Å²) in [6.07, 6.45) is 7.09. The third kappa shape index (κ3) is 1.94. The fourth-order valence-electron chi connectivity index (χ4n) is 4.10. The molecule has 4 rings (SSSR count). The highest BCUT2D eigenvalue weighted by molar-refractivity contribution is 5.29. The number of benzene rings is 1. The Hall–Kier alpha value is -1.12. The second-order valence-corrected chi connectivity index (χ2v) is 5.93. The summed E-state index contributed by atoms with van der Waals surface area (Å²) in [6.45, 7) is 1.70. The molecule has 1 aliphatic heterocycles. The maximum Gasteiger partial charge on any atom is 0.161 e. The summed E-state index contributed by atoms with van der Waals surface area (Å²) < 4.78 is 11.8. The predicted molar refractivity (Wildman–Crippen MR) is 73.7 cm³/mol. The molecule has 2 bridgehead atoms. The van der Waals surface area contributed by atoms with E-state index in [-0.39, 0.29) is 6.29 Å². The van der Waals surface area contributed by atoms with Crippen molar-refractivity contribution in [1.29, 1.82) is 0 Å². The molecule has 2 nitrogen and oxygen atoms in total. The van der Waals surface area contributed by atoms with Gasteiger partial charge >= 0.3 is 0 Å². The van der Waals surface area contributed by atoms with Crippen LogP contribution in [0.15, 0.2) is 42.5 Å². The molecule has 0 amide bonds. The first-order valence-electron chi connectivity index (χ1n) is 7.40. The van der Waals surface area contributed by atoms with Crippen LogP contribution in [0.4, 0.5) is 0 Å². The van der Waals surface area contributed by atoms with E-state index in [0.717, 1.165) is 19.6 Å². The molecule has 0 spiro atoms. The van der Waals surface area contributed by atoms with Crippen molar-refractivity contribution in [3.63, 3.8) is 0 Å². The first kappa shape index (κ1) is 11.7. The van der Waals surface area contributed by atoms with Gasteiger partial charge < -0.3 is 9.47 Å². The number of ether oxygens (including phenoxy) is 2. The molecule has 2 aliphatic carbocycles. The van der Waals surface area contributed by atoms with Gasteiger partial charge in [-0.15, -0.1) is 0 Å². The summed E-state index contributed by atoms with van der Waals surface area (Å²) in [5.74, 6) is 2.38. The van der Waals surface area contributed by atoms with E-state index in [4.69, 9.17) is 9.47 Å². The van der Waals surface area contributed by atoms with Crippen LogP contribution in [-0.2, 0) is 9.47 Å². The molecule has 1 heterocycles. The molecule has 1 saturated heterocycles. The maximum absolute atomic E-state index is 5.91. The third-order valence-electron chi connectivity index (χ3n) is 4.87. The molecule has 100 valence electrons. The van der Waals surface area contributed by atoms with Gasteiger partial charge in [-0.05, 0) is 36.2 Å². The van der Waals surface area contributed by atoms with E-state index in [1.165, 1.54) is 12.0 Å². The lowest BCUT2D eigenvalue weighted by Gasteiger charge is -2.36. The van der Waals surface area contributed by atoms with E-state index < -0.39 is 0 Å². The highest BCUT2D eigenvalue weighted by Crippen LogP contribution is 2.55. The molecule has 19 heavy (non-hydrogen) atoms. The van der Waals surface area contributed by atoms with Gasteiger partial charge in [0.25, 0.3) is 0 Å². The van der Waals surface area contributed by atoms with Crippen molar-refractivity contribution in [2.24, 2.45) is 17.8 Å². The number of allylic oxidation sites excluding steroid dienone is 2. The van der Waals surface area contributed by atoms with Crippen LogP contribution >= 0.6 is 0 Å². The third-order valence-corrected chi connectivity index (χ3v) is 4.87. The molecule has 2 fully saturated rings. The Morgan fingerprint density at radius 1 is 0.895 bits per heavy atom. The maximum atomic E-state index is 5.91. The number of fused-ring (bicyclic) bond motifs is 2. The molecule has 3 aliphatic rings. The minimum absolute atomic E-state index is 0.00101. The SMILES string of the molecule is C1=C[C@H]2C[C@@H]1[C@H](c1ccccc1)[C@H]2C1OCCCO1. The zero-order valence-electron chi connectivity index (χ0n) is 11.1. The fourth-order valence-corrected chi connectivity index (χ4v) is 4.10. The normalized spacial score (nSPS) is 37.9. The molecular weight excluding hydrogens is 236 g/mol. The van der Waals surface area contributed by atoms with Crippen LogP contribution in [0, 0.1) is 17.8 Å². The summed E-state index contributed by atoms with van der Waals surface area (Å²) in [5, 5.41) is 0. The molecule has 0 unspecified atom stereocenters. The average Bonchev–Trinajstić information content (AvgIpc) is 3.10. The van der Waals surface area contributed by atoms with Crippen molar-refractivity contribution in [3.05, 3.63) is 48.0 Å². The Bertz CT molecular complexity index is 461. The minimum Gasteiger partial charge on any atom is -0.352 e. The molecule has 1 saturated carbocycles. The highest BCUT2D eigenvalue weighted by atomic mass is 16.7. The van der Waals surface area contributed by atoms with Crippen LogP contribution in [-0.4, -0.2) is 19.5 Å². The van der Waals surface area contributed by atoms with Crippen LogP contribution in [0.3, 0.4) is 0 Å². The second-order valence-electron chi connectivity index (χ2n) is 5.93. The van der Waals surface area contributed by atoms with E-state index in [0.29, 0.717) is 23.7 Å². The molecule has 4 atom stereocenters. The van der Waals surface area contributed by atoms with Crippen molar-refractivity contribution >= 4 is 0 Å². The predicted octanol–water partition coefficient (Wildman–Crippen LogP) is 3.36. The van der Waals surface area contributed by atoms with Gasteiger partial charge in [0.1, 0.15) is 0 Å². The molecular formula is C17H20O2. The highest BCUT2D eigenvalue weighted by Gasteiger charge is 2.49. The lowest BCUT2D eigenvalue weighted by Crippen LogP contribution is -2.37. The van der Waals surface area contributed by atoms with Crippen molar-refractivity contribution in [2.45, 2.75) is 25.0 Å². The van der Waals surface area contributed by atoms with Gasteiger partial charge in [-0.3, -0.25) is 0 Å². The van der Waals surface area contributed by atoms with Gasteiger partial charge in [-0.2, -0.15) is 0 Å². The van der Waals surface area contributed by atoms with E-state index >= 15 is 0 Å². The monoisotopic (exact) mass is 256 g/mol. The Labute approximate surface area is 114 Å². The minimum atomic E-state index is -0.00101. The van der Waals surface area contributed by atoms with Gasteiger partial charge in [0, 0.05) is 5.92 Å². The number of hydrogen-bond donors (Lipinski definition) is 0. The Morgan fingerprint density at radius 3 is 2.42 bits per heavy atom. The first-order valence-corrected chi connectivity index (χ1v) is 7.40. The first-order chi connectivity index (χ1) is 9.43. The van der Waals surface area contributed by atoms with Crippen molar-refractivity contribution < 1.29 is 9.47 Å². The van der Waals surface area contributed by atoms with Gasteiger partial charge in [0.05, 0.1) is 13.2 Å². The van der Waals surface area contributed by atoms with E-state index in [1.54, 1.807) is 0 Å². The quantitative estimate of drug-likeness (QED) is 0.755. The molecule has 2 heteroatoms. The van der Waals surface area contributed by atoms with E-state index in [9.17, 15) is 0 Å². The van der Waals surface area contributed by atoms with Gasteiger partial charge in [0.15, 0.2) is 6.29 Å². The topological polar surface area (TPSA) is 18.5 Å². The van der Waals surface area contributed by atoms with E-state index in [1.807, 2.05) is 0 Å². The van der Waals surface area contributed by atoms with Crippen LogP contribution in [0.5, 0.6) is 0 Å². The van der Waals surface area contributed by atoms with Crippen molar-refractivity contribution in [1.82, 2.24) is 0 Å². The van der Waals surface area contributed by atoms with E-state index in [2.05, 4.69) is 42.5 Å². The van der Waals surface area contributed by atoms with Gasteiger partial charge in [-0.1, -0.05) is 42.5 Å². The summed E-state index contributed by atoms with van der Waals surface area (Å²) >= 11 is 0. The zero-order chi connectivity index (χ0) is 12.7. The second kappa shape index (κ2) is 4.77. The smallest absolute Gasteiger partial charge is 0.161 e. The Kier molecular flexibility index (Phi) is 2.93. The lowest BCUT2D eigenvalue weighted by atomic mass is 9.78. The van der Waals surface area contributed by atoms with Gasteiger partial charge in [-0.25, -0.2) is 0 Å². The molecule has 0 radical (unpaired) electrons. The van der Waals surface area contributed by atoms with Crippen LogP contribution in [0.2, 0.25) is 0 Å². The zero-order valence-corrected chi connectivity index (χ0v) is 11.1. The number of hydrogen-bond acceptors (Lipinski definition) is 2. The summed E-state index contributed by atoms with van der Waals surface area (Å²) in [4.78, 5) is 0. The summed E-state index contributed by atoms with van der Waals surface area (Å²) in [5.41, 5.74) is 1.45. The Morgan fingerprint density at radius 2 is 1.63 bits per heavy atom. The number of rotatable bonds is 2. The van der Waals surface area contributed by atoms with Crippen LogP contribution in [0.1, 0.15) is 24.3 Å². The standard InChI is InChI=1S/C17H20O2/c1-2-5-12(6-3-1)15-13-7-8-14(11-13)16(15)17-18-9-4-10-19-17/h1-3,5-8,13-17H,4,9-11H2/t13-,14+,15+,16+/m1/s1.